The molecule has 0 saturated carbocycles. The summed E-state index contributed by atoms with van der Waals surface area (Å²) in [5.74, 6) is 2.00. The van der Waals surface area contributed by atoms with Gasteiger partial charge in [0.2, 0.25) is 0 Å². The van der Waals surface area contributed by atoms with Gasteiger partial charge >= 0.3 is 0 Å². The van der Waals surface area contributed by atoms with Crippen LogP contribution in [0.3, 0.4) is 0 Å². The van der Waals surface area contributed by atoms with Crippen LogP contribution in [0.5, 0.6) is 0 Å². The number of nitrogens with zero attached hydrogens (tertiary/aromatic N) is 3. The lowest BCUT2D eigenvalue weighted by molar-refractivity contribution is 1.07. The Morgan fingerprint density at radius 1 is 0.236 bits per heavy atom. The van der Waals surface area contributed by atoms with E-state index < -0.39 is 0 Å². The van der Waals surface area contributed by atoms with Gasteiger partial charge in [0.15, 0.2) is 17.5 Å². The molecule has 55 heavy (non-hydrogen) atoms. The van der Waals surface area contributed by atoms with Crippen molar-refractivity contribution in [3.8, 4) is 56.4 Å². The highest BCUT2D eigenvalue weighted by atomic mass is 32.1. The normalized spacial score (nSPS) is 11.6. The van der Waals surface area contributed by atoms with E-state index in [2.05, 4.69) is 127 Å². The molecule has 0 saturated heterocycles. The van der Waals surface area contributed by atoms with Gasteiger partial charge in [-0.05, 0) is 84.9 Å². The van der Waals surface area contributed by atoms with Crippen molar-refractivity contribution in [3.63, 3.8) is 0 Å². The molecule has 0 atom stereocenters. The lowest BCUT2D eigenvalue weighted by Crippen LogP contribution is -1.99. The van der Waals surface area contributed by atoms with Gasteiger partial charge in [-0.25, -0.2) is 15.0 Å². The fourth-order valence-corrected chi connectivity index (χ4v) is 9.12. The third-order valence-corrected chi connectivity index (χ3v) is 11.8. The maximum atomic E-state index is 4.97. The van der Waals surface area contributed by atoms with Crippen LogP contribution >= 0.6 is 11.3 Å². The second-order valence-corrected chi connectivity index (χ2v) is 15.1. The van der Waals surface area contributed by atoms with Crippen molar-refractivity contribution in [1.82, 2.24) is 15.0 Å². The van der Waals surface area contributed by atoms with Crippen LogP contribution in [-0.2, 0) is 0 Å². The molecule has 256 valence electrons. The Labute approximate surface area is 321 Å². The van der Waals surface area contributed by atoms with Crippen LogP contribution in [0.1, 0.15) is 0 Å². The van der Waals surface area contributed by atoms with Crippen LogP contribution in [0.15, 0.2) is 188 Å². The average molecular weight is 718 g/mol. The van der Waals surface area contributed by atoms with E-state index in [0.717, 1.165) is 16.7 Å². The first kappa shape index (κ1) is 31.5. The minimum Gasteiger partial charge on any atom is -0.208 e. The average Bonchev–Trinajstić information content (AvgIpc) is 3.64. The van der Waals surface area contributed by atoms with Gasteiger partial charge in [-0.15, -0.1) is 11.3 Å². The Bertz CT molecular complexity index is 3170. The van der Waals surface area contributed by atoms with Crippen LogP contribution in [0.25, 0.3) is 109 Å². The minimum atomic E-state index is 0.665. The van der Waals surface area contributed by atoms with E-state index in [9.17, 15) is 0 Å². The number of fused-ring (bicyclic) bond motifs is 9. The zero-order chi connectivity index (χ0) is 36.3. The first-order valence-corrected chi connectivity index (χ1v) is 19.3. The second-order valence-electron chi connectivity index (χ2n) is 14.0. The molecule has 0 radical (unpaired) electrons. The van der Waals surface area contributed by atoms with Gasteiger partial charge in [-0.2, -0.15) is 0 Å². The summed E-state index contributed by atoms with van der Waals surface area (Å²) in [6, 6.07) is 67.1. The molecule has 0 unspecified atom stereocenters. The molecule has 0 aliphatic rings. The molecule has 2 aromatic heterocycles. The molecule has 0 N–H and O–H groups in total. The Kier molecular flexibility index (Phi) is 7.35. The van der Waals surface area contributed by atoms with Crippen molar-refractivity contribution < 1.29 is 0 Å². The number of thiophene rings is 1. The molecule has 2 heterocycles. The predicted octanol–water partition coefficient (Wildman–Crippen LogP) is 14.0. The molecule has 0 amide bonds. The second kappa shape index (κ2) is 12.8. The molecule has 0 spiro atoms. The monoisotopic (exact) mass is 717 g/mol. The molecule has 11 rings (SSSR count). The lowest BCUT2D eigenvalue weighted by Gasteiger charge is -2.12. The number of rotatable bonds is 5. The number of aromatic nitrogens is 3. The van der Waals surface area contributed by atoms with Gasteiger partial charge in [0.25, 0.3) is 0 Å². The highest BCUT2D eigenvalue weighted by Crippen LogP contribution is 2.40. The smallest absolute Gasteiger partial charge is 0.164 e. The Morgan fingerprint density at radius 2 is 0.655 bits per heavy atom. The van der Waals surface area contributed by atoms with Crippen molar-refractivity contribution in [2.45, 2.75) is 0 Å². The van der Waals surface area contributed by atoms with Gasteiger partial charge in [-0.3, -0.25) is 0 Å². The van der Waals surface area contributed by atoms with E-state index in [1.807, 2.05) is 72.0 Å². The number of benzene rings is 9. The summed E-state index contributed by atoms with van der Waals surface area (Å²) >= 11 is 1.81. The summed E-state index contributed by atoms with van der Waals surface area (Å²) in [5, 5.41) is 10.2. The van der Waals surface area contributed by atoms with Crippen LogP contribution in [0, 0.1) is 0 Å². The predicted molar refractivity (Wildman–Crippen MR) is 232 cm³/mol. The lowest BCUT2D eigenvalue weighted by atomic mass is 9.91. The van der Waals surface area contributed by atoms with Crippen molar-refractivity contribution in [2.75, 3.05) is 0 Å². The molecule has 9 aromatic carbocycles. The van der Waals surface area contributed by atoms with Crippen molar-refractivity contribution in [2.24, 2.45) is 0 Å². The van der Waals surface area contributed by atoms with Crippen molar-refractivity contribution in [1.29, 1.82) is 0 Å². The van der Waals surface area contributed by atoms with Crippen LogP contribution in [-0.4, -0.2) is 15.0 Å². The summed E-state index contributed by atoms with van der Waals surface area (Å²) in [6.07, 6.45) is 0. The van der Waals surface area contributed by atoms with E-state index in [1.54, 1.807) is 0 Å². The van der Waals surface area contributed by atoms with E-state index in [-0.39, 0.29) is 0 Å². The van der Waals surface area contributed by atoms with Gasteiger partial charge in [0.05, 0.1) is 0 Å². The molecule has 3 nitrogen and oxygen atoms in total. The van der Waals surface area contributed by atoms with Crippen LogP contribution in [0.4, 0.5) is 0 Å². The highest BCUT2D eigenvalue weighted by molar-refractivity contribution is 7.25. The van der Waals surface area contributed by atoms with E-state index >= 15 is 0 Å². The van der Waals surface area contributed by atoms with Gasteiger partial charge in [0.1, 0.15) is 0 Å². The fourth-order valence-electron chi connectivity index (χ4n) is 8.00. The Morgan fingerprint density at radius 3 is 1.25 bits per heavy atom. The van der Waals surface area contributed by atoms with E-state index in [4.69, 9.17) is 15.0 Å². The van der Waals surface area contributed by atoms with Crippen LogP contribution in [0.2, 0.25) is 0 Å². The quantitative estimate of drug-likeness (QED) is 0.166. The summed E-state index contributed by atoms with van der Waals surface area (Å²) < 4.78 is 2.46. The maximum absolute atomic E-state index is 4.97. The first-order valence-electron chi connectivity index (χ1n) is 18.5. The summed E-state index contributed by atoms with van der Waals surface area (Å²) in [6.45, 7) is 0. The van der Waals surface area contributed by atoms with Crippen LogP contribution < -0.4 is 0 Å². The Hall–Kier alpha value is -7.01. The molecular weight excluding hydrogens is 687 g/mol. The van der Waals surface area contributed by atoms with Gasteiger partial charge in [-0.1, -0.05) is 158 Å². The Balaban J connectivity index is 0.980. The summed E-state index contributed by atoms with van der Waals surface area (Å²) in [5.41, 5.74) is 7.72. The van der Waals surface area contributed by atoms with Gasteiger partial charge in [0, 0.05) is 36.9 Å². The van der Waals surface area contributed by atoms with Crippen molar-refractivity contribution >= 4 is 63.8 Å². The number of hydrogen-bond donors (Lipinski definition) is 0. The minimum absolute atomic E-state index is 0.665. The standard InChI is InChI=1S/C51H31N3S/c1-3-12-32(13-4-1)49-52-50(33-14-5-2-6-15-33)54-51(53-49)38-23-26-44-46-30-37(24-27-47(46)55-48(44)31-38)35-17-11-16-34(28-35)36-22-25-43-41-20-8-7-18-39(41)40-19-9-10-21-42(40)45(43)29-36/h1-31H. The third-order valence-electron chi connectivity index (χ3n) is 10.7. The zero-order valence-electron chi connectivity index (χ0n) is 29.6. The third kappa shape index (κ3) is 5.46. The van der Waals surface area contributed by atoms with E-state index in [0.29, 0.717) is 17.5 Å². The largest absolute Gasteiger partial charge is 0.208 e. The molecular formula is C51H31N3S. The SMILES string of the molecule is c1ccc(-c2nc(-c3ccccc3)nc(-c3ccc4c(c3)sc3ccc(-c5cccc(-c6ccc7c8ccccc8c8ccccc8c7c6)c5)cc34)n2)cc1. The molecule has 4 heteroatoms. The molecule has 0 aliphatic heterocycles. The topological polar surface area (TPSA) is 38.7 Å². The number of hydrogen-bond acceptors (Lipinski definition) is 4. The van der Waals surface area contributed by atoms with Crippen molar-refractivity contribution in [3.05, 3.63) is 188 Å². The zero-order valence-corrected chi connectivity index (χ0v) is 30.5. The molecule has 0 bridgehead atoms. The molecule has 11 aromatic rings. The summed E-state index contributed by atoms with van der Waals surface area (Å²) in [7, 11) is 0. The van der Waals surface area contributed by atoms with Gasteiger partial charge < -0.3 is 0 Å². The molecule has 0 fully saturated rings. The molecule has 0 aliphatic carbocycles. The summed E-state index contributed by atoms with van der Waals surface area (Å²) in [4.78, 5) is 14.8. The van der Waals surface area contributed by atoms with E-state index in [1.165, 1.54) is 74.7 Å². The first-order chi connectivity index (χ1) is 27.2. The fraction of sp³-hybridized carbons (Fsp3) is 0. The highest BCUT2D eigenvalue weighted by Gasteiger charge is 2.15. The maximum Gasteiger partial charge on any atom is 0.164 e.